The normalized spacial score (nSPS) is 12.6. The zero-order valence-electron chi connectivity index (χ0n) is 7.18. The van der Waals surface area contributed by atoms with Gasteiger partial charge in [-0.25, -0.2) is 0 Å². The van der Waals surface area contributed by atoms with Crippen molar-refractivity contribution in [2.75, 3.05) is 0 Å². The van der Waals surface area contributed by atoms with Crippen molar-refractivity contribution in [3.05, 3.63) is 34.4 Å². The van der Waals surface area contributed by atoms with Gasteiger partial charge in [0.05, 0.1) is 11.6 Å². The van der Waals surface area contributed by atoms with Gasteiger partial charge in [-0.2, -0.15) is 5.26 Å². The van der Waals surface area contributed by atoms with Gasteiger partial charge in [-0.3, -0.25) is 0 Å². The molecular weight excluding hydrogens is 146 g/mol. The maximum Gasteiger partial charge on any atom is 0.0998 e. The fourth-order valence-corrected chi connectivity index (χ4v) is 1.72. The number of nitriles is 1. The number of hydrogen-bond acceptors (Lipinski definition) is 1. The summed E-state index contributed by atoms with van der Waals surface area (Å²) < 4.78 is 0. The van der Waals surface area contributed by atoms with Crippen molar-refractivity contribution in [3.8, 4) is 6.07 Å². The summed E-state index contributed by atoms with van der Waals surface area (Å²) in [4.78, 5) is 0. The predicted octanol–water partition coefficient (Wildman–Crippen LogP) is 2.68. The average molecular weight is 155 g/mol. The molecule has 0 aromatic heterocycles. The minimum Gasteiger partial charge on any atom is -0.192 e. The van der Waals surface area contributed by atoms with Gasteiger partial charge in [-0.15, -0.1) is 0 Å². The van der Waals surface area contributed by atoms with Crippen LogP contribution in [0, 0.1) is 25.2 Å². The highest BCUT2D eigenvalue weighted by atomic mass is 14.3. The Morgan fingerprint density at radius 2 is 2.00 bits per heavy atom. The van der Waals surface area contributed by atoms with Crippen LogP contribution in [0.3, 0.4) is 0 Å². The highest BCUT2D eigenvalue weighted by Gasteiger charge is 2.17. The Balaban J connectivity index is 2.62. The fraction of sp³-hybridized carbons (Fsp3) is 0.182. The molecule has 1 heteroatoms. The molecule has 12 heavy (non-hydrogen) atoms. The van der Waals surface area contributed by atoms with Crippen LogP contribution in [0.25, 0.3) is 11.6 Å². The van der Waals surface area contributed by atoms with E-state index in [4.69, 9.17) is 5.26 Å². The van der Waals surface area contributed by atoms with Gasteiger partial charge in [-0.05, 0) is 31.1 Å². The lowest BCUT2D eigenvalue weighted by molar-refractivity contribution is 1.33. The quantitative estimate of drug-likeness (QED) is 0.565. The largest absolute Gasteiger partial charge is 0.192 e. The Morgan fingerprint density at radius 3 is 2.58 bits per heavy atom. The van der Waals surface area contributed by atoms with E-state index < -0.39 is 0 Å². The van der Waals surface area contributed by atoms with Gasteiger partial charge in [0, 0.05) is 5.56 Å². The van der Waals surface area contributed by atoms with Crippen LogP contribution in [0.4, 0.5) is 0 Å². The van der Waals surface area contributed by atoms with Gasteiger partial charge in [0.25, 0.3) is 0 Å². The highest BCUT2D eigenvalue weighted by Crippen LogP contribution is 2.35. The van der Waals surface area contributed by atoms with Crippen LogP contribution in [0.15, 0.2) is 12.1 Å². The molecule has 1 aromatic carbocycles. The lowest BCUT2D eigenvalue weighted by Gasteiger charge is -2.17. The Labute approximate surface area is 72.0 Å². The summed E-state index contributed by atoms with van der Waals surface area (Å²) in [5.41, 5.74) is 5.65. The molecule has 0 bridgehead atoms. The van der Waals surface area contributed by atoms with Crippen molar-refractivity contribution >= 4 is 11.6 Å². The molecule has 1 aliphatic rings. The van der Waals surface area contributed by atoms with Crippen LogP contribution in [-0.4, -0.2) is 0 Å². The molecule has 0 unspecified atom stereocenters. The second-order valence-electron chi connectivity index (χ2n) is 3.22. The number of benzene rings is 1. The smallest absolute Gasteiger partial charge is 0.0998 e. The standard InChI is InChI=1S/C11H9N/c1-7-3-8(2)11-9(4-7)5-10(11)6-12/h3-5H,1-2H3. The Bertz CT molecular complexity index is 419. The van der Waals surface area contributed by atoms with Crippen molar-refractivity contribution in [1.29, 1.82) is 5.26 Å². The van der Waals surface area contributed by atoms with E-state index >= 15 is 0 Å². The van der Waals surface area contributed by atoms with Gasteiger partial charge in [0.15, 0.2) is 0 Å². The van der Waals surface area contributed by atoms with E-state index in [1.165, 1.54) is 16.7 Å². The van der Waals surface area contributed by atoms with E-state index in [9.17, 15) is 0 Å². The van der Waals surface area contributed by atoms with E-state index in [1.54, 1.807) is 0 Å². The molecule has 0 fully saturated rings. The van der Waals surface area contributed by atoms with E-state index in [2.05, 4.69) is 32.0 Å². The summed E-state index contributed by atoms with van der Waals surface area (Å²) in [5, 5.41) is 8.71. The van der Waals surface area contributed by atoms with E-state index in [0.717, 1.165) is 11.1 Å². The van der Waals surface area contributed by atoms with Crippen LogP contribution >= 0.6 is 0 Å². The Kier molecular flexibility index (Phi) is 1.31. The predicted molar refractivity (Wildman–Crippen MR) is 49.4 cm³/mol. The van der Waals surface area contributed by atoms with Gasteiger partial charge >= 0.3 is 0 Å². The van der Waals surface area contributed by atoms with Crippen LogP contribution < -0.4 is 0 Å². The summed E-state index contributed by atoms with van der Waals surface area (Å²) in [5.74, 6) is 0. The molecule has 0 heterocycles. The van der Waals surface area contributed by atoms with Crippen LogP contribution in [0.2, 0.25) is 0 Å². The second-order valence-corrected chi connectivity index (χ2v) is 3.22. The molecule has 1 nitrogen and oxygen atoms in total. The zero-order chi connectivity index (χ0) is 8.72. The summed E-state index contributed by atoms with van der Waals surface area (Å²) >= 11 is 0. The minimum absolute atomic E-state index is 0.822. The molecule has 0 spiro atoms. The maximum atomic E-state index is 8.71. The van der Waals surface area contributed by atoms with Gasteiger partial charge < -0.3 is 0 Å². The lowest BCUT2D eigenvalue weighted by atomic mass is 9.85. The molecule has 0 aliphatic heterocycles. The van der Waals surface area contributed by atoms with Gasteiger partial charge in [0.1, 0.15) is 0 Å². The van der Waals surface area contributed by atoms with E-state index in [-0.39, 0.29) is 0 Å². The molecule has 1 aliphatic carbocycles. The van der Waals surface area contributed by atoms with Crippen molar-refractivity contribution in [1.82, 2.24) is 0 Å². The minimum atomic E-state index is 0.822. The maximum absolute atomic E-state index is 8.71. The molecule has 58 valence electrons. The second kappa shape index (κ2) is 2.22. The zero-order valence-corrected chi connectivity index (χ0v) is 7.18. The number of aryl methyl sites for hydroxylation is 2. The van der Waals surface area contributed by atoms with Crippen LogP contribution in [0.5, 0.6) is 0 Å². The third-order valence-electron chi connectivity index (χ3n) is 2.20. The molecule has 0 N–H and O–H groups in total. The first kappa shape index (κ1) is 7.12. The van der Waals surface area contributed by atoms with E-state index in [1.807, 2.05) is 6.08 Å². The summed E-state index contributed by atoms with van der Waals surface area (Å²) in [6, 6.07) is 6.41. The van der Waals surface area contributed by atoms with Gasteiger partial charge in [0.2, 0.25) is 0 Å². The first-order valence-corrected chi connectivity index (χ1v) is 3.96. The highest BCUT2D eigenvalue weighted by molar-refractivity contribution is 6.03. The molecule has 2 rings (SSSR count). The fourth-order valence-electron chi connectivity index (χ4n) is 1.72. The first-order valence-electron chi connectivity index (χ1n) is 3.96. The number of fused-ring (bicyclic) bond motifs is 1. The third kappa shape index (κ3) is 0.785. The lowest BCUT2D eigenvalue weighted by Crippen LogP contribution is -2.00. The molecular formula is C11H9N. The number of nitrogens with zero attached hydrogens (tertiary/aromatic N) is 1. The first-order chi connectivity index (χ1) is 5.72. The Hall–Kier alpha value is -1.55. The molecule has 0 amide bonds. The van der Waals surface area contributed by atoms with Crippen LogP contribution in [-0.2, 0) is 0 Å². The molecule has 0 saturated heterocycles. The number of allylic oxidation sites excluding steroid dienone is 1. The van der Waals surface area contributed by atoms with Crippen LogP contribution in [0.1, 0.15) is 22.3 Å². The summed E-state index contributed by atoms with van der Waals surface area (Å²) in [6.07, 6.45) is 1.94. The SMILES string of the molecule is Cc1cc(C)c2c(c1)C=C2C#N. The third-order valence-corrected chi connectivity index (χ3v) is 2.20. The summed E-state index contributed by atoms with van der Waals surface area (Å²) in [6.45, 7) is 4.13. The van der Waals surface area contributed by atoms with Crippen molar-refractivity contribution in [2.45, 2.75) is 13.8 Å². The summed E-state index contributed by atoms with van der Waals surface area (Å²) in [7, 11) is 0. The molecule has 0 saturated carbocycles. The molecule has 0 atom stereocenters. The topological polar surface area (TPSA) is 23.8 Å². The van der Waals surface area contributed by atoms with Gasteiger partial charge in [-0.1, -0.05) is 17.7 Å². The Morgan fingerprint density at radius 1 is 1.25 bits per heavy atom. The van der Waals surface area contributed by atoms with Crippen molar-refractivity contribution in [2.24, 2.45) is 0 Å². The van der Waals surface area contributed by atoms with E-state index in [0.29, 0.717) is 0 Å². The molecule has 1 aromatic rings. The molecule has 0 radical (unpaired) electrons. The number of hydrogen-bond donors (Lipinski definition) is 0. The van der Waals surface area contributed by atoms with Crippen molar-refractivity contribution in [3.63, 3.8) is 0 Å². The monoisotopic (exact) mass is 155 g/mol. The van der Waals surface area contributed by atoms with Crippen molar-refractivity contribution < 1.29 is 0 Å². The average Bonchev–Trinajstić information content (AvgIpc) is 1.94. The number of rotatable bonds is 0.